The third-order valence-electron chi connectivity index (χ3n) is 3.76. The highest BCUT2D eigenvalue weighted by Gasteiger charge is 2.26. The molecule has 5 heteroatoms. The number of nitrogens with zero attached hydrogens (tertiary/aromatic N) is 1. The minimum absolute atomic E-state index is 0.127. The van der Waals surface area contributed by atoms with Crippen LogP contribution in [0, 0.1) is 6.92 Å². The average Bonchev–Trinajstić information content (AvgIpc) is 2.88. The third-order valence-corrected chi connectivity index (χ3v) is 4.14. The Balaban J connectivity index is 2.26. The number of benzene rings is 2. The lowest BCUT2D eigenvalue weighted by Gasteiger charge is -2.09. The van der Waals surface area contributed by atoms with Gasteiger partial charge in [-0.15, -0.1) is 0 Å². The van der Waals surface area contributed by atoms with Crippen LogP contribution in [0.15, 0.2) is 48.5 Å². The maximum absolute atomic E-state index is 13.0. The Hall–Kier alpha value is -2.59. The van der Waals surface area contributed by atoms with Crippen molar-refractivity contribution < 1.29 is 14.3 Å². The smallest absolute Gasteiger partial charge is 0.419 e. The molecular formula is C19H16ClNO3. The number of halogens is 1. The van der Waals surface area contributed by atoms with Gasteiger partial charge in [-0.2, -0.15) is 0 Å². The van der Waals surface area contributed by atoms with E-state index in [2.05, 4.69) is 0 Å². The lowest BCUT2D eigenvalue weighted by Crippen LogP contribution is -2.19. The summed E-state index contributed by atoms with van der Waals surface area (Å²) in [5, 5.41) is 0.897. The van der Waals surface area contributed by atoms with Crippen molar-refractivity contribution in [1.29, 1.82) is 0 Å². The number of hydrogen-bond donors (Lipinski definition) is 0. The second-order valence-electron chi connectivity index (χ2n) is 5.41. The zero-order valence-corrected chi connectivity index (χ0v) is 14.1. The van der Waals surface area contributed by atoms with Crippen molar-refractivity contribution in [2.24, 2.45) is 0 Å². The van der Waals surface area contributed by atoms with Crippen LogP contribution >= 0.6 is 11.6 Å². The van der Waals surface area contributed by atoms with Gasteiger partial charge in [-0.25, -0.2) is 9.36 Å². The predicted molar refractivity (Wildman–Crippen MR) is 94.0 cm³/mol. The van der Waals surface area contributed by atoms with E-state index in [9.17, 15) is 9.59 Å². The molecule has 0 saturated heterocycles. The van der Waals surface area contributed by atoms with Crippen molar-refractivity contribution in [2.45, 2.75) is 13.8 Å². The summed E-state index contributed by atoms with van der Waals surface area (Å²) >= 11 is 6.44. The van der Waals surface area contributed by atoms with Crippen LogP contribution < -0.4 is 0 Å². The van der Waals surface area contributed by atoms with Crippen molar-refractivity contribution in [3.05, 3.63) is 70.4 Å². The number of aromatic nitrogens is 1. The van der Waals surface area contributed by atoms with E-state index in [1.807, 2.05) is 19.1 Å². The standard InChI is InChI=1S/C19H16ClNO3/c1-3-24-19(23)21-15-10-5-4-9-14(15)16(20)17(21)18(22)13-8-6-7-12(2)11-13/h4-11H,3H2,1-2H3. The minimum Gasteiger partial charge on any atom is -0.449 e. The van der Waals surface area contributed by atoms with Crippen molar-refractivity contribution in [1.82, 2.24) is 4.57 Å². The molecule has 0 radical (unpaired) electrons. The number of rotatable bonds is 3. The Labute approximate surface area is 144 Å². The second-order valence-corrected chi connectivity index (χ2v) is 5.79. The van der Waals surface area contributed by atoms with Gasteiger partial charge in [0.2, 0.25) is 5.78 Å². The highest BCUT2D eigenvalue weighted by atomic mass is 35.5. The van der Waals surface area contributed by atoms with Gasteiger partial charge in [0.05, 0.1) is 17.1 Å². The lowest BCUT2D eigenvalue weighted by atomic mass is 10.1. The molecule has 2 aromatic carbocycles. The summed E-state index contributed by atoms with van der Waals surface area (Å²) in [4.78, 5) is 25.4. The maximum Gasteiger partial charge on any atom is 0.419 e. The zero-order valence-electron chi connectivity index (χ0n) is 13.4. The van der Waals surface area contributed by atoms with E-state index in [-0.39, 0.29) is 23.1 Å². The number of ketones is 1. The Kier molecular flexibility index (Phi) is 4.40. The van der Waals surface area contributed by atoms with E-state index in [0.29, 0.717) is 16.5 Å². The fraction of sp³-hybridized carbons (Fsp3) is 0.158. The summed E-state index contributed by atoms with van der Waals surface area (Å²) < 4.78 is 6.37. The van der Waals surface area contributed by atoms with Crippen LogP contribution in [0.1, 0.15) is 28.5 Å². The molecule has 0 atom stereocenters. The molecule has 122 valence electrons. The van der Waals surface area contributed by atoms with Gasteiger partial charge in [0.15, 0.2) is 0 Å². The molecule has 1 aromatic heterocycles. The number of hydrogen-bond acceptors (Lipinski definition) is 3. The fourth-order valence-electron chi connectivity index (χ4n) is 2.70. The van der Waals surface area contributed by atoms with Crippen LogP contribution in [0.5, 0.6) is 0 Å². The van der Waals surface area contributed by atoms with E-state index >= 15 is 0 Å². The molecule has 3 aromatic rings. The molecule has 0 spiro atoms. The number of fused-ring (bicyclic) bond motifs is 1. The second kappa shape index (κ2) is 6.49. The van der Waals surface area contributed by atoms with Gasteiger partial charge in [0.25, 0.3) is 0 Å². The highest BCUT2D eigenvalue weighted by molar-refractivity contribution is 6.40. The number of para-hydroxylation sites is 1. The van der Waals surface area contributed by atoms with E-state index in [0.717, 1.165) is 5.56 Å². The molecule has 0 aliphatic heterocycles. The van der Waals surface area contributed by atoms with Crippen LogP contribution in [0.4, 0.5) is 4.79 Å². The van der Waals surface area contributed by atoms with Crippen LogP contribution in [0.2, 0.25) is 5.02 Å². The monoisotopic (exact) mass is 341 g/mol. The molecule has 0 saturated carbocycles. The molecule has 4 nitrogen and oxygen atoms in total. The van der Waals surface area contributed by atoms with Crippen molar-refractivity contribution in [2.75, 3.05) is 6.61 Å². The predicted octanol–water partition coefficient (Wildman–Crippen LogP) is 4.84. The van der Waals surface area contributed by atoms with Crippen molar-refractivity contribution in [3.63, 3.8) is 0 Å². The molecule has 0 aliphatic rings. The Bertz CT molecular complexity index is 943. The van der Waals surface area contributed by atoms with Gasteiger partial charge < -0.3 is 4.74 Å². The minimum atomic E-state index is -0.614. The van der Waals surface area contributed by atoms with E-state index in [4.69, 9.17) is 16.3 Å². The molecule has 3 rings (SSSR count). The lowest BCUT2D eigenvalue weighted by molar-refractivity contribution is 0.102. The molecule has 0 amide bonds. The van der Waals surface area contributed by atoms with Crippen molar-refractivity contribution >= 4 is 34.4 Å². The first-order chi connectivity index (χ1) is 11.5. The van der Waals surface area contributed by atoms with Crippen molar-refractivity contribution in [3.8, 4) is 0 Å². The first-order valence-electron chi connectivity index (χ1n) is 7.62. The highest BCUT2D eigenvalue weighted by Crippen LogP contribution is 2.32. The Morgan fingerprint density at radius 2 is 1.88 bits per heavy atom. The van der Waals surface area contributed by atoms with Gasteiger partial charge in [0.1, 0.15) is 5.69 Å². The topological polar surface area (TPSA) is 48.3 Å². The molecule has 0 N–H and O–H groups in total. The van der Waals surface area contributed by atoms with E-state index in [1.165, 1.54) is 4.57 Å². The quantitative estimate of drug-likeness (QED) is 0.640. The van der Waals surface area contributed by atoms with Gasteiger partial charge in [-0.05, 0) is 26.0 Å². The van der Waals surface area contributed by atoms with Gasteiger partial charge in [0, 0.05) is 10.9 Å². The van der Waals surface area contributed by atoms with Crippen LogP contribution in [-0.4, -0.2) is 23.1 Å². The van der Waals surface area contributed by atoms with Crippen LogP contribution in [0.25, 0.3) is 10.9 Å². The number of aryl methyl sites for hydroxylation is 1. The largest absolute Gasteiger partial charge is 0.449 e. The first-order valence-corrected chi connectivity index (χ1v) is 7.99. The van der Waals surface area contributed by atoms with Crippen LogP contribution in [-0.2, 0) is 4.74 Å². The Morgan fingerprint density at radius 1 is 1.12 bits per heavy atom. The SMILES string of the molecule is CCOC(=O)n1c(C(=O)c2cccc(C)c2)c(Cl)c2ccccc21. The Morgan fingerprint density at radius 3 is 2.58 bits per heavy atom. The summed E-state index contributed by atoms with van der Waals surface area (Å²) in [6, 6.07) is 14.3. The van der Waals surface area contributed by atoms with Gasteiger partial charge >= 0.3 is 6.09 Å². The number of ether oxygens (including phenoxy) is 1. The zero-order chi connectivity index (χ0) is 17.3. The summed E-state index contributed by atoms with van der Waals surface area (Å²) in [6.07, 6.45) is -0.614. The summed E-state index contributed by atoms with van der Waals surface area (Å²) in [7, 11) is 0. The normalized spacial score (nSPS) is 10.8. The first kappa shape index (κ1) is 16.3. The summed E-state index contributed by atoms with van der Waals surface area (Å²) in [5.74, 6) is -0.312. The third kappa shape index (κ3) is 2.69. The average molecular weight is 342 g/mol. The van der Waals surface area contributed by atoms with Gasteiger partial charge in [-0.1, -0.05) is 53.6 Å². The number of carbonyl (C=O) groups is 2. The molecule has 1 heterocycles. The number of carbonyl (C=O) groups excluding carboxylic acids is 2. The summed E-state index contributed by atoms with van der Waals surface area (Å²) in [6.45, 7) is 3.83. The van der Waals surface area contributed by atoms with E-state index < -0.39 is 6.09 Å². The van der Waals surface area contributed by atoms with E-state index in [1.54, 1.807) is 43.3 Å². The molecule has 0 aliphatic carbocycles. The summed E-state index contributed by atoms with van der Waals surface area (Å²) in [5.41, 5.74) is 2.11. The maximum atomic E-state index is 13.0. The fourth-order valence-corrected chi connectivity index (χ4v) is 3.03. The molecule has 24 heavy (non-hydrogen) atoms. The van der Waals surface area contributed by atoms with Gasteiger partial charge in [-0.3, -0.25) is 4.79 Å². The molecular weight excluding hydrogens is 326 g/mol. The van der Waals surface area contributed by atoms with Crippen LogP contribution in [0.3, 0.4) is 0 Å². The molecule has 0 bridgehead atoms. The molecule has 0 unspecified atom stereocenters. The molecule has 0 fully saturated rings.